The van der Waals surface area contributed by atoms with E-state index in [1.165, 1.54) is 6.33 Å². The van der Waals surface area contributed by atoms with Gasteiger partial charge in [-0.05, 0) is 36.1 Å². The monoisotopic (exact) mass is 492 g/mol. The van der Waals surface area contributed by atoms with Gasteiger partial charge in [0.15, 0.2) is 0 Å². The highest BCUT2D eigenvalue weighted by molar-refractivity contribution is 6.36. The van der Waals surface area contributed by atoms with Gasteiger partial charge in [-0.3, -0.25) is 14.7 Å². The van der Waals surface area contributed by atoms with Crippen LogP contribution in [0.5, 0.6) is 11.6 Å². The number of hydrogen-bond acceptors (Lipinski definition) is 7. The number of amides is 1. The van der Waals surface area contributed by atoms with Crippen LogP contribution < -0.4 is 19.8 Å². The lowest BCUT2D eigenvalue weighted by atomic mass is 9.87. The van der Waals surface area contributed by atoms with Crippen LogP contribution in [0.3, 0.4) is 0 Å². The Morgan fingerprint density at radius 1 is 1.08 bits per heavy atom. The maximum atomic E-state index is 13.0. The lowest BCUT2D eigenvalue weighted by Crippen LogP contribution is -2.37. The predicted molar refractivity (Wildman–Crippen MR) is 139 cm³/mol. The van der Waals surface area contributed by atoms with Gasteiger partial charge >= 0.3 is 0 Å². The van der Waals surface area contributed by atoms with E-state index in [4.69, 9.17) is 22.4 Å². The first-order chi connectivity index (χ1) is 18.1. The summed E-state index contributed by atoms with van der Waals surface area (Å²) in [7, 11) is 9.64. The minimum atomic E-state index is 0.0340. The Hall–Kier alpha value is -4.21. The van der Waals surface area contributed by atoms with Crippen molar-refractivity contribution in [2.75, 3.05) is 19.1 Å². The number of carbonyl (C=O) groups excluding carboxylic acids is 1. The first-order valence-corrected chi connectivity index (χ1v) is 12.2. The molecule has 6 rings (SSSR count). The van der Waals surface area contributed by atoms with E-state index in [-0.39, 0.29) is 5.91 Å². The molecule has 1 aliphatic heterocycles. The molecule has 0 saturated heterocycles. The van der Waals surface area contributed by atoms with Crippen molar-refractivity contribution in [1.82, 2.24) is 24.7 Å². The molecule has 2 radical (unpaired) electrons. The molecule has 1 aliphatic carbocycles. The summed E-state index contributed by atoms with van der Waals surface area (Å²) in [5.41, 5.74) is 5.39. The molecule has 0 N–H and O–H groups in total. The number of nitrogens with zero attached hydrogens (tertiary/aromatic N) is 6. The largest absolute Gasteiger partial charge is 0.494 e. The molecular weight excluding hydrogens is 467 g/mol. The smallest absolute Gasteiger partial charge is 0.230 e. The maximum Gasteiger partial charge on any atom is 0.230 e. The van der Waals surface area contributed by atoms with Crippen LogP contribution in [0.2, 0.25) is 0 Å². The molecule has 2 aliphatic rings. The Labute approximate surface area is 215 Å². The lowest BCUT2D eigenvalue weighted by Gasteiger charge is -2.27. The summed E-state index contributed by atoms with van der Waals surface area (Å²) in [5.74, 6) is 2.30. The summed E-state index contributed by atoms with van der Waals surface area (Å²) in [6, 6.07) is 11.4. The molecule has 3 aromatic heterocycles. The summed E-state index contributed by atoms with van der Waals surface area (Å²) in [6.45, 7) is 0.881. The number of rotatable bonds is 7. The van der Waals surface area contributed by atoms with Gasteiger partial charge in [0.1, 0.15) is 37.1 Å². The Morgan fingerprint density at radius 2 is 1.95 bits per heavy atom. The predicted octanol–water partition coefficient (Wildman–Crippen LogP) is 3.03. The van der Waals surface area contributed by atoms with Crippen molar-refractivity contribution in [1.29, 1.82) is 0 Å². The second-order valence-electron chi connectivity index (χ2n) is 9.23. The molecule has 1 saturated carbocycles. The molecule has 4 heterocycles. The molecule has 1 fully saturated rings. The molecule has 0 bridgehead atoms. The van der Waals surface area contributed by atoms with E-state index in [2.05, 4.69) is 15.0 Å². The van der Waals surface area contributed by atoms with Crippen LogP contribution in [-0.2, 0) is 17.9 Å². The SMILES string of the molecule is [B]c1cc(CN2C(=O)CCn3nc(-c4c(OC)ncnc4C4CC4)cc32)ccc1-c1ncccc1OC. The Balaban J connectivity index is 1.34. The molecule has 0 spiro atoms. The van der Waals surface area contributed by atoms with Crippen LogP contribution in [0, 0.1) is 0 Å². The number of fused-ring (bicyclic) bond motifs is 1. The van der Waals surface area contributed by atoms with Gasteiger partial charge in [-0.2, -0.15) is 5.10 Å². The third-order valence-electron chi connectivity index (χ3n) is 6.83. The minimum absolute atomic E-state index is 0.0340. The van der Waals surface area contributed by atoms with Gasteiger partial charge in [-0.25, -0.2) is 14.6 Å². The highest BCUT2D eigenvalue weighted by Gasteiger charge is 2.33. The third-order valence-corrected chi connectivity index (χ3v) is 6.83. The van der Waals surface area contributed by atoms with Crippen molar-refractivity contribution < 1.29 is 14.3 Å². The second kappa shape index (κ2) is 9.35. The quantitative estimate of drug-likeness (QED) is 0.366. The van der Waals surface area contributed by atoms with Gasteiger partial charge in [-0.15, -0.1) is 0 Å². The fourth-order valence-electron chi connectivity index (χ4n) is 4.85. The van der Waals surface area contributed by atoms with Crippen LogP contribution in [0.1, 0.15) is 36.4 Å². The van der Waals surface area contributed by atoms with Crippen molar-refractivity contribution >= 4 is 25.0 Å². The first-order valence-electron chi connectivity index (χ1n) is 12.2. The Morgan fingerprint density at radius 3 is 2.70 bits per heavy atom. The lowest BCUT2D eigenvalue weighted by molar-refractivity contribution is -0.119. The summed E-state index contributed by atoms with van der Waals surface area (Å²) >= 11 is 0. The van der Waals surface area contributed by atoms with Crippen LogP contribution in [-0.4, -0.2) is 52.7 Å². The summed E-state index contributed by atoms with van der Waals surface area (Å²) in [4.78, 5) is 28.1. The Kier molecular flexibility index (Phi) is 5.86. The first kappa shape index (κ1) is 23.2. The van der Waals surface area contributed by atoms with Crippen LogP contribution in [0.25, 0.3) is 22.5 Å². The minimum Gasteiger partial charge on any atom is -0.494 e. The zero-order valence-corrected chi connectivity index (χ0v) is 20.7. The second-order valence-corrected chi connectivity index (χ2v) is 9.23. The van der Waals surface area contributed by atoms with Crippen LogP contribution in [0.15, 0.2) is 48.9 Å². The molecule has 1 amide bonds. The number of methoxy groups -OCH3 is 2. The Bertz CT molecular complexity index is 1500. The fourth-order valence-corrected chi connectivity index (χ4v) is 4.85. The topological polar surface area (TPSA) is 95.3 Å². The molecular formula is C27H25BN6O3. The number of aryl methyl sites for hydroxylation is 1. The van der Waals surface area contributed by atoms with Gasteiger partial charge in [0.2, 0.25) is 11.8 Å². The third kappa shape index (κ3) is 4.22. The molecule has 0 atom stereocenters. The number of hydrogen-bond donors (Lipinski definition) is 0. The highest BCUT2D eigenvalue weighted by Crippen LogP contribution is 2.46. The van der Waals surface area contributed by atoms with Gasteiger partial charge in [-0.1, -0.05) is 23.7 Å². The maximum absolute atomic E-state index is 13.0. The van der Waals surface area contributed by atoms with Gasteiger partial charge in [0.05, 0.1) is 38.6 Å². The van der Waals surface area contributed by atoms with Crippen LogP contribution >= 0.6 is 0 Å². The molecule has 1 aromatic carbocycles. The standard InChI is InChI=1S/C27H25BN6O3/c1-36-21-4-3-10-29-26(21)18-8-5-16(12-19(18)28)14-33-22-13-20(32-34(22)11-9-23(33)35)24-25(17-6-7-17)30-15-31-27(24)37-2/h3-5,8,10,12-13,15,17H,6-7,9,11,14H2,1-2H3. The van der Waals surface area contributed by atoms with E-state index in [0.29, 0.717) is 53.9 Å². The van der Waals surface area contributed by atoms with Crippen molar-refractivity contribution in [3.8, 4) is 34.1 Å². The zero-order chi connectivity index (χ0) is 25.5. The van der Waals surface area contributed by atoms with Crippen LogP contribution in [0.4, 0.5) is 5.82 Å². The number of ether oxygens (including phenoxy) is 2. The van der Waals surface area contributed by atoms with Crippen molar-refractivity contribution in [2.24, 2.45) is 0 Å². The molecule has 184 valence electrons. The van der Waals surface area contributed by atoms with E-state index in [1.54, 1.807) is 25.3 Å². The zero-order valence-electron chi connectivity index (χ0n) is 20.7. The van der Waals surface area contributed by atoms with Crippen molar-refractivity contribution in [3.05, 3.63) is 60.2 Å². The summed E-state index contributed by atoms with van der Waals surface area (Å²) in [6.07, 6.45) is 5.79. The van der Waals surface area contributed by atoms with Gasteiger partial charge in [0.25, 0.3) is 0 Å². The number of pyridine rings is 1. The number of anilines is 1. The molecule has 37 heavy (non-hydrogen) atoms. The molecule has 0 unspecified atom stereocenters. The number of aromatic nitrogens is 5. The van der Waals surface area contributed by atoms with Crippen molar-refractivity contribution in [2.45, 2.75) is 38.3 Å². The van der Waals surface area contributed by atoms with Gasteiger partial charge in [0, 0.05) is 24.6 Å². The molecule has 10 heteroatoms. The molecule has 4 aromatic rings. The van der Waals surface area contributed by atoms with E-state index in [1.807, 2.05) is 41.1 Å². The van der Waals surface area contributed by atoms with E-state index >= 15 is 0 Å². The van der Waals surface area contributed by atoms with E-state index in [9.17, 15) is 4.79 Å². The summed E-state index contributed by atoms with van der Waals surface area (Å²) in [5, 5.41) is 4.83. The normalized spacial score (nSPS) is 15.0. The van der Waals surface area contributed by atoms with E-state index < -0.39 is 0 Å². The highest BCUT2D eigenvalue weighted by atomic mass is 16.5. The van der Waals surface area contributed by atoms with Crippen molar-refractivity contribution in [3.63, 3.8) is 0 Å². The average molecular weight is 492 g/mol. The average Bonchev–Trinajstić information content (AvgIpc) is 3.68. The summed E-state index contributed by atoms with van der Waals surface area (Å²) < 4.78 is 12.9. The number of benzene rings is 1. The van der Waals surface area contributed by atoms with Gasteiger partial charge < -0.3 is 9.47 Å². The van der Waals surface area contributed by atoms with E-state index in [0.717, 1.165) is 41.0 Å². The number of carbonyl (C=O) groups is 1. The fraction of sp³-hybridized carbons (Fsp3) is 0.296. The molecule has 9 nitrogen and oxygen atoms in total.